The molecule has 1 saturated carbocycles. The number of aromatic nitrogens is 1. The molecule has 0 bridgehead atoms. The molecule has 1 aliphatic heterocycles. The second kappa shape index (κ2) is 13.5. The summed E-state index contributed by atoms with van der Waals surface area (Å²) in [5.74, 6) is -0.345. The van der Waals surface area contributed by atoms with Crippen molar-refractivity contribution in [3.63, 3.8) is 0 Å². The maximum absolute atomic E-state index is 12.2. The summed E-state index contributed by atoms with van der Waals surface area (Å²) in [6.45, 7) is 0.0473. The molecule has 2 heterocycles. The third-order valence-corrected chi connectivity index (χ3v) is 7.60. The number of aliphatic hydroxyl groups excluding tert-OH is 2. The molecule has 3 amide bonds. The zero-order valence-corrected chi connectivity index (χ0v) is 24.6. The number of pyridine rings is 1. The number of benzene rings is 2. The van der Waals surface area contributed by atoms with Gasteiger partial charge in [-0.15, -0.1) is 0 Å². The summed E-state index contributed by atoms with van der Waals surface area (Å²) in [7, 11) is 1.46. The number of halogens is 1. The van der Waals surface area contributed by atoms with Crippen LogP contribution in [0.5, 0.6) is 23.0 Å². The van der Waals surface area contributed by atoms with Gasteiger partial charge in [-0.25, -0.2) is 4.79 Å². The number of methoxy groups -OCH3 is 1. The summed E-state index contributed by atoms with van der Waals surface area (Å²) >= 11 is 6.39. The Morgan fingerprint density at radius 1 is 1.07 bits per heavy atom. The van der Waals surface area contributed by atoms with Crippen molar-refractivity contribution in [1.29, 1.82) is 0 Å². The molecule has 5 rings (SSSR count). The molecule has 1 aliphatic carbocycles. The average molecular weight is 629 g/mol. The number of amides is 3. The molecule has 44 heavy (non-hydrogen) atoms. The van der Waals surface area contributed by atoms with Crippen molar-refractivity contribution in [2.24, 2.45) is 5.92 Å². The summed E-state index contributed by atoms with van der Waals surface area (Å²) in [6.07, 6.45) is 0.953. The van der Waals surface area contributed by atoms with E-state index in [1.54, 1.807) is 42.6 Å². The molecule has 0 radical (unpaired) electrons. The Hall–Kier alpha value is -4.33. The van der Waals surface area contributed by atoms with Crippen molar-refractivity contribution in [3.05, 3.63) is 47.6 Å². The Morgan fingerprint density at radius 3 is 2.52 bits per heavy atom. The fourth-order valence-corrected chi connectivity index (χ4v) is 4.89. The minimum atomic E-state index is -1.12. The number of rotatable bonds is 13. The molecule has 2 aliphatic rings. The number of carbonyl (C=O) groups is 3. The van der Waals surface area contributed by atoms with Gasteiger partial charge in [0.05, 0.1) is 47.9 Å². The Kier molecular flexibility index (Phi) is 9.57. The monoisotopic (exact) mass is 628 g/mol. The molecular weight excluding hydrogens is 596 g/mol. The molecular formula is C30H33ClN4O9. The number of ether oxygens (including phenoxy) is 3. The first kappa shape index (κ1) is 31.1. The minimum absolute atomic E-state index is 0.115. The lowest BCUT2D eigenvalue weighted by atomic mass is 9.99. The number of fused-ring (bicyclic) bond motifs is 1. The van der Waals surface area contributed by atoms with Crippen LogP contribution in [0.25, 0.3) is 10.9 Å². The summed E-state index contributed by atoms with van der Waals surface area (Å²) in [5.41, 5.74) is 0.973. The number of aliphatic hydroxyl groups is 2. The van der Waals surface area contributed by atoms with Crippen LogP contribution in [0, 0.1) is 5.92 Å². The lowest BCUT2D eigenvalue weighted by Gasteiger charge is -2.37. The highest BCUT2D eigenvalue weighted by Crippen LogP contribution is 2.38. The van der Waals surface area contributed by atoms with Gasteiger partial charge in [-0.3, -0.25) is 14.6 Å². The third-order valence-electron chi connectivity index (χ3n) is 7.29. The summed E-state index contributed by atoms with van der Waals surface area (Å²) in [5, 5.41) is 36.1. The normalized spacial score (nSPS) is 16.0. The molecule has 13 nitrogen and oxygen atoms in total. The fraction of sp³-hybridized carbons (Fsp3) is 0.400. The van der Waals surface area contributed by atoms with Gasteiger partial charge in [0.15, 0.2) is 11.5 Å². The molecule has 2 atom stereocenters. The fourth-order valence-electron chi connectivity index (χ4n) is 4.67. The number of carbonyl (C=O) groups excluding carboxylic acids is 2. The Bertz CT molecular complexity index is 1540. The highest BCUT2D eigenvalue weighted by molar-refractivity contribution is 6.33. The lowest BCUT2D eigenvalue weighted by Crippen LogP contribution is -2.53. The Labute approximate surface area is 257 Å². The van der Waals surface area contributed by atoms with Gasteiger partial charge >= 0.3 is 12.0 Å². The van der Waals surface area contributed by atoms with Crippen LogP contribution >= 0.6 is 11.6 Å². The molecule has 2 fully saturated rings. The number of nitrogens with zero attached hydrogens (tertiary/aromatic N) is 2. The van der Waals surface area contributed by atoms with Crippen molar-refractivity contribution in [3.8, 4) is 23.0 Å². The van der Waals surface area contributed by atoms with Gasteiger partial charge < -0.3 is 45.1 Å². The minimum Gasteiger partial charge on any atom is -0.493 e. The predicted molar refractivity (Wildman–Crippen MR) is 159 cm³/mol. The number of hydrogen-bond acceptors (Lipinski definition) is 9. The van der Waals surface area contributed by atoms with Crippen molar-refractivity contribution < 1.29 is 43.9 Å². The number of likely N-dealkylation sites (tertiary alicyclic amines) is 1. The van der Waals surface area contributed by atoms with E-state index in [1.807, 2.05) is 0 Å². The van der Waals surface area contributed by atoms with Gasteiger partial charge in [0.2, 0.25) is 5.91 Å². The molecule has 0 spiro atoms. The molecule has 2 unspecified atom stereocenters. The topological polar surface area (TPSA) is 180 Å². The highest BCUT2D eigenvalue weighted by atomic mass is 35.5. The number of anilines is 1. The van der Waals surface area contributed by atoms with Crippen LogP contribution in [0.4, 0.5) is 10.5 Å². The quantitative estimate of drug-likeness (QED) is 0.188. The number of hydrogen-bond donors (Lipinski definition) is 5. The van der Waals surface area contributed by atoms with Crippen LogP contribution < -0.4 is 24.8 Å². The number of nitrogens with one attached hydrogen (secondary N) is 2. The molecule has 14 heteroatoms. The van der Waals surface area contributed by atoms with Gasteiger partial charge in [-0.1, -0.05) is 11.6 Å². The number of carboxylic acids is 1. The van der Waals surface area contributed by atoms with E-state index in [4.69, 9.17) is 30.9 Å². The Morgan fingerprint density at radius 2 is 1.84 bits per heavy atom. The number of carboxylic acid groups (broad SMARTS) is 1. The van der Waals surface area contributed by atoms with Crippen LogP contribution in [0.1, 0.15) is 25.7 Å². The van der Waals surface area contributed by atoms with E-state index in [9.17, 15) is 24.6 Å². The predicted octanol–water partition coefficient (Wildman–Crippen LogP) is 3.40. The van der Waals surface area contributed by atoms with Gasteiger partial charge in [0, 0.05) is 49.3 Å². The van der Waals surface area contributed by atoms with Gasteiger partial charge in [-0.05, 0) is 37.1 Å². The molecule has 2 aromatic carbocycles. The first-order chi connectivity index (χ1) is 21.1. The van der Waals surface area contributed by atoms with Gasteiger partial charge in [0.1, 0.15) is 18.1 Å². The number of urea groups is 1. The third kappa shape index (κ3) is 7.78. The van der Waals surface area contributed by atoms with Crippen LogP contribution in [-0.2, 0) is 9.59 Å². The maximum atomic E-state index is 12.2. The van der Waals surface area contributed by atoms with Gasteiger partial charge in [-0.2, -0.15) is 0 Å². The lowest BCUT2D eigenvalue weighted by molar-refractivity contribution is -0.153. The van der Waals surface area contributed by atoms with E-state index in [0.29, 0.717) is 44.6 Å². The first-order valence-electron chi connectivity index (χ1n) is 14.1. The Balaban J connectivity index is 1.18. The van der Waals surface area contributed by atoms with E-state index in [2.05, 4.69) is 15.6 Å². The molecule has 1 aromatic heterocycles. The van der Waals surface area contributed by atoms with Crippen LogP contribution in [-0.4, -0.2) is 88.2 Å². The second-order valence-corrected chi connectivity index (χ2v) is 11.2. The molecule has 1 saturated heterocycles. The molecule has 234 valence electrons. The zero-order chi connectivity index (χ0) is 31.4. The second-order valence-electron chi connectivity index (χ2n) is 10.8. The van der Waals surface area contributed by atoms with Crippen molar-refractivity contribution in [2.75, 3.05) is 32.1 Å². The first-order valence-corrected chi connectivity index (χ1v) is 14.5. The standard InChI is InChI=1S/C30H33ClN4O9/c1-42-26-11-21-24(12-27(26)43-15-19(37)8-18(36)9-28(38)35-13-16(14-35)29(39)40)32-7-6-25(21)44-20-4-5-23(22(31)10-20)34-30(41)33-17-2-3-17/h4-7,10-12,16-19,36-37H,2-3,8-9,13-15H2,1H3,(H,39,40)(H2,33,34,41). The highest BCUT2D eigenvalue weighted by Gasteiger charge is 2.36. The summed E-state index contributed by atoms with van der Waals surface area (Å²) in [6, 6.07) is 9.82. The van der Waals surface area contributed by atoms with Crippen molar-refractivity contribution >= 4 is 46.1 Å². The van der Waals surface area contributed by atoms with Crippen LogP contribution in [0.15, 0.2) is 42.6 Å². The van der Waals surface area contributed by atoms with Crippen molar-refractivity contribution in [2.45, 2.75) is 43.9 Å². The molecule has 5 N–H and O–H groups in total. The van der Waals surface area contributed by atoms with Gasteiger partial charge in [0.25, 0.3) is 0 Å². The zero-order valence-electron chi connectivity index (χ0n) is 23.9. The van der Waals surface area contributed by atoms with E-state index in [-0.39, 0.29) is 50.5 Å². The van der Waals surface area contributed by atoms with E-state index >= 15 is 0 Å². The average Bonchev–Trinajstić information content (AvgIpc) is 3.75. The van der Waals surface area contributed by atoms with E-state index in [1.165, 1.54) is 12.0 Å². The maximum Gasteiger partial charge on any atom is 0.319 e. The van der Waals surface area contributed by atoms with E-state index < -0.39 is 24.1 Å². The van der Waals surface area contributed by atoms with E-state index in [0.717, 1.165) is 12.8 Å². The summed E-state index contributed by atoms with van der Waals surface area (Å²) in [4.78, 5) is 41.0. The van der Waals surface area contributed by atoms with Crippen LogP contribution in [0.2, 0.25) is 5.02 Å². The van der Waals surface area contributed by atoms with Crippen LogP contribution in [0.3, 0.4) is 0 Å². The largest absolute Gasteiger partial charge is 0.493 e. The smallest absolute Gasteiger partial charge is 0.319 e. The number of aliphatic carboxylic acids is 1. The SMILES string of the molecule is COc1cc2c(Oc3ccc(NC(=O)NC4CC4)c(Cl)c3)ccnc2cc1OCC(O)CC(O)CC(=O)N1CC(C(=O)O)C1. The van der Waals surface area contributed by atoms with Crippen molar-refractivity contribution in [1.82, 2.24) is 15.2 Å². The summed E-state index contributed by atoms with van der Waals surface area (Å²) < 4.78 is 17.4. The molecule has 3 aromatic rings.